The summed E-state index contributed by atoms with van der Waals surface area (Å²) >= 11 is 0. The van der Waals surface area contributed by atoms with E-state index in [-0.39, 0.29) is 72.4 Å². The number of ether oxygens (including phenoxy) is 6. The molecule has 4 atom stereocenters. The Hall–Kier alpha value is -9.72. The van der Waals surface area contributed by atoms with Crippen LogP contribution < -0.4 is 0 Å². The van der Waals surface area contributed by atoms with Gasteiger partial charge in [-0.25, -0.2) is 19.6 Å². The highest BCUT2D eigenvalue weighted by molar-refractivity contribution is 6.07. The number of hydrogen-bond acceptors (Lipinski definition) is 16. The average Bonchev–Trinajstić information content (AvgIpc) is 1.61. The number of hydrogen-bond donors (Lipinski definition) is 4. The van der Waals surface area contributed by atoms with Crippen molar-refractivity contribution in [2.24, 2.45) is 0 Å². The van der Waals surface area contributed by atoms with E-state index in [1.54, 1.807) is 0 Å². The molecule has 4 aliphatic rings. The van der Waals surface area contributed by atoms with E-state index in [4.69, 9.17) is 48.4 Å². The Balaban J connectivity index is 1.29. The fourth-order valence-corrected chi connectivity index (χ4v) is 14.2. The third-order valence-corrected chi connectivity index (χ3v) is 19.5. The minimum absolute atomic E-state index is 0.0958. The van der Waals surface area contributed by atoms with Gasteiger partial charge in [-0.1, -0.05) is 53.7 Å². The summed E-state index contributed by atoms with van der Waals surface area (Å²) in [4.78, 5) is 118. The Morgan fingerprint density at radius 3 is 1.10 bits per heavy atom. The molecule has 10 heterocycles. The third-order valence-electron chi connectivity index (χ3n) is 19.5. The number of allylic oxidation sites excluding steroid dienone is 6. The van der Waals surface area contributed by atoms with Crippen molar-refractivity contribution < 1.29 is 57.2 Å². The Kier molecular flexibility index (Phi) is 19.9. The standard InChI is InChI=1S/C74H84N8O12/c1-17-41-35(5)51-29-53-37(7)45(23-25-63(83)89-11)69(79-53)49(27-65(85)91-13)71-67(73(87)93-15)39(9)55(81-71)31-59-43(19-3)47(61(77-59)33-57(41)75-51)21-22-48-44(20-4)60-32-56-40(10)68(74(88)94-16)72(82-56)50(28-66(86)92-14)70-46(24-26-64(84)90-12)38(8)54(80-70)30-52-36(6)42(18-2)58(76-52)34-62(48)78-60/h21-22,29-34,37-38,45-46,75-76,81-82H,17-20,23-28H2,1-16H3/b22-21+,51-29?,52-30?,53-29?,54-30?,55-31?,56-32?,57-33?,58-34?,59-31?,60-32?,61-33?,62-34?,69-49?,70-50?,71-49?,72-50?/t37-,38-,45-,46-/m0/s1. The van der Waals surface area contributed by atoms with Crippen molar-refractivity contribution in [3.63, 3.8) is 0 Å². The molecule has 94 heavy (non-hydrogen) atoms. The molecule has 0 saturated heterocycles. The first-order valence-corrected chi connectivity index (χ1v) is 32.2. The van der Waals surface area contributed by atoms with Gasteiger partial charge < -0.3 is 48.4 Å². The van der Waals surface area contributed by atoms with Crippen LogP contribution in [0.25, 0.3) is 66.4 Å². The summed E-state index contributed by atoms with van der Waals surface area (Å²) in [6.07, 6.45) is 7.10. The van der Waals surface area contributed by atoms with Gasteiger partial charge in [0.1, 0.15) is 0 Å². The zero-order valence-corrected chi connectivity index (χ0v) is 56.7. The maximum absolute atomic E-state index is 14.2. The molecule has 492 valence electrons. The van der Waals surface area contributed by atoms with Crippen LogP contribution in [0.5, 0.6) is 0 Å². The number of carbonyl (C=O) groups excluding carboxylic acids is 6. The number of rotatable bonds is 18. The second-order valence-electron chi connectivity index (χ2n) is 24.4. The van der Waals surface area contributed by atoms with Gasteiger partial charge in [-0.15, -0.1) is 0 Å². The molecule has 6 aromatic rings. The topological polar surface area (TPSA) is 273 Å². The molecular formula is C74H84N8O12. The van der Waals surface area contributed by atoms with Crippen molar-refractivity contribution in [1.29, 1.82) is 0 Å². The van der Waals surface area contributed by atoms with E-state index in [1.165, 1.54) is 42.7 Å². The summed E-state index contributed by atoms with van der Waals surface area (Å²) in [6, 6.07) is 12.2. The molecule has 20 nitrogen and oxygen atoms in total. The maximum Gasteiger partial charge on any atom is 0.340 e. The highest BCUT2D eigenvalue weighted by Gasteiger charge is 2.37. The average molecular weight is 1280 g/mol. The fraction of sp³-hybridized carbons (Fsp3) is 0.405. The van der Waals surface area contributed by atoms with Crippen molar-refractivity contribution in [2.45, 2.75) is 157 Å². The highest BCUT2D eigenvalue weighted by atomic mass is 16.5. The lowest BCUT2D eigenvalue weighted by atomic mass is 9.85. The van der Waals surface area contributed by atoms with Gasteiger partial charge in [0.2, 0.25) is 0 Å². The van der Waals surface area contributed by atoms with Crippen molar-refractivity contribution >= 4 is 102 Å². The van der Waals surface area contributed by atoms with Crippen molar-refractivity contribution in [3.8, 4) is 0 Å². The van der Waals surface area contributed by atoms with E-state index in [0.29, 0.717) is 117 Å². The third kappa shape index (κ3) is 12.4. The van der Waals surface area contributed by atoms with Crippen LogP contribution in [0.1, 0.15) is 215 Å². The lowest BCUT2D eigenvalue weighted by Crippen LogP contribution is -2.13. The normalized spacial score (nSPS) is 16.2. The quantitative estimate of drug-likeness (QED) is 0.0460. The SMILES string of the molecule is CCC1=C(/C=C/C2=C(CC)c3cc4[nH]c(c(CC(=O)OC)c5nc(cc6[nH]c(cc2n3)c(CC)c6C)[C@@H](C)[C@@H]5CCC(=O)OC)c(C(=O)OC)c4C)c2cc3[nH]c(cc4nc(c(CC(=O)OC)c5[nH]c(cc1n2)c(C)c5C(=O)OC)[C@@H](CCC(=O)OC)[C@@H]4C)c(C)c3CC. The molecule has 0 unspecified atom stereocenters. The molecular weight excluding hydrogens is 1190 g/mol. The van der Waals surface area contributed by atoms with Crippen LogP contribution >= 0.6 is 0 Å². The number of methoxy groups -OCH3 is 6. The Morgan fingerprint density at radius 2 is 0.766 bits per heavy atom. The van der Waals surface area contributed by atoms with Crippen LogP contribution in [-0.2, 0) is 73.3 Å². The Labute approximate surface area is 546 Å². The summed E-state index contributed by atoms with van der Waals surface area (Å²) in [5.41, 5.74) is 20.6. The van der Waals surface area contributed by atoms with E-state index in [0.717, 1.165) is 78.0 Å². The molecule has 16 bridgehead atoms. The first-order valence-electron chi connectivity index (χ1n) is 32.2. The summed E-state index contributed by atoms with van der Waals surface area (Å²) in [5, 5.41) is 0. The van der Waals surface area contributed by atoms with Gasteiger partial charge in [0.05, 0.1) is 112 Å². The van der Waals surface area contributed by atoms with Crippen LogP contribution in [0, 0.1) is 27.7 Å². The van der Waals surface area contributed by atoms with Gasteiger partial charge in [0.15, 0.2) is 0 Å². The molecule has 0 radical (unpaired) electrons. The number of aryl methyl sites for hydroxylation is 6. The number of aromatic nitrogens is 8. The van der Waals surface area contributed by atoms with Crippen molar-refractivity contribution in [2.75, 3.05) is 42.7 Å². The van der Waals surface area contributed by atoms with Crippen LogP contribution in [0.4, 0.5) is 0 Å². The van der Waals surface area contributed by atoms with E-state index in [2.05, 4.69) is 99.6 Å². The van der Waals surface area contributed by atoms with E-state index < -0.39 is 23.9 Å². The predicted molar refractivity (Wildman–Crippen MR) is 362 cm³/mol. The van der Waals surface area contributed by atoms with Crippen LogP contribution in [0.2, 0.25) is 0 Å². The first kappa shape index (κ1) is 67.2. The molecule has 0 spiro atoms. The van der Waals surface area contributed by atoms with Crippen LogP contribution in [0.15, 0.2) is 48.6 Å². The van der Waals surface area contributed by atoms with Crippen molar-refractivity contribution in [3.05, 3.63) is 150 Å². The van der Waals surface area contributed by atoms with Gasteiger partial charge in [-0.3, -0.25) is 29.1 Å². The summed E-state index contributed by atoms with van der Waals surface area (Å²) in [6.45, 7) is 20.4. The lowest BCUT2D eigenvalue weighted by Gasteiger charge is -2.17. The molecule has 0 aliphatic carbocycles. The van der Waals surface area contributed by atoms with Gasteiger partial charge in [-0.2, -0.15) is 0 Å². The van der Waals surface area contributed by atoms with E-state index in [1.807, 2.05) is 38.1 Å². The molecule has 20 heteroatoms. The second kappa shape index (κ2) is 27.9. The first-order chi connectivity index (χ1) is 45.1. The van der Waals surface area contributed by atoms with Crippen LogP contribution in [-0.4, -0.2) is 118 Å². The van der Waals surface area contributed by atoms with E-state index in [9.17, 15) is 28.8 Å². The molecule has 0 aromatic carbocycles. The lowest BCUT2D eigenvalue weighted by molar-refractivity contribution is -0.141. The largest absolute Gasteiger partial charge is 0.469 e. The fourth-order valence-electron chi connectivity index (χ4n) is 14.2. The number of carbonyl (C=O) groups is 6. The van der Waals surface area contributed by atoms with Gasteiger partial charge in [0, 0.05) is 103 Å². The number of aromatic amines is 4. The number of H-pyrrole nitrogens is 4. The Morgan fingerprint density at radius 1 is 0.415 bits per heavy atom. The number of fused-ring (bicyclic) bond motifs is 16. The highest BCUT2D eigenvalue weighted by Crippen LogP contribution is 2.46. The van der Waals surface area contributed by atoms with Crippen LogP contribution in [0.3, 0.4) is 0 Å². The number of nitrogens with zero attached hydrogens (tertiary/aromatic N) is 4. The summed E-state index contributed by atoms with van der Waals surface area (Å²) in [5.74, 6) is -4.30. The number of esters is 6. The minimum Gasteiger partial charge on any atom is -0.469 e. The molecule has 10 rings (SSSR count). The Bertz CT molecular complexity index is 4300. The van der Waals surface area contributed by atoms with Gasteiger partial charge in [0.25, 0.3) is 0 Å². The maximum atomic E-state index is 14.2. The molecule has 0 amide bonds. The predicted octanol–water partition coefficient (Wildman–Crippen LogP) is 13.9. The second-order valence-corrected chi connectivity index (χ2v) is 24.4. The molecule has 6 aromatic heterocycles. The summed E-state index contributed by atoms with van der Waals surface area (Å²) in [7, 11) is 7.99. The zero-order valence-electron chi connectivity index (χ0n) is 56.7. The summed E-state index contributed by atoms with van der Waals surface area (Å²) < 4.78 is 31.8. The van der Waals surface area contributed by atoms with Crippen molar-refractivity contribution in [1.82, 2.24) is 39.9 Å². The molecule has 4 aliphatic heterocycles. The molecule has 0 fully saturated rings. The molecule has 4 N–H and O–H groups in total. The smallest absolute Gasteiger partial charge is 0.340 e. The number of nitrogens with one attached hydrogen (secondary N) is 4. The van der Waals surface area contributed by atoms with Gasteiger partial charge >= 0.3 is 35.8 Å². The van der Waals surface area contributed by atoms with Gasteiger partial charge in [-0.05, 0) is 147 Å². The zero-order chi connectivity index (χ0) is 67.7. The molecule has 0 saturated carbocycles. The monoisotopic (exact) mass is 1280 g/mol. The van der Waals surface area contributed by atoms with E-state index >= 15 is 0 Å². The minimum atomic E-state index is -0.620.